The van der Waals surface area contributed by atoms with Gasteiger partial charge in [-0.2, -0.15) is 0 Å². The van der Waals surface area contributed by atoms with E-state index >= 15 is 0 Å². The third-order valence-corrected chi connectivity index (χ3v) is 3.92. The molecule has 1 atom stereocenters. The van der Waals surface area contributed by atoms with Crippen molar-refractivity contribution < 1.29 is 19.1 Å². The number of fused-ring (bicyclic) bond motifs is 1. The molecule has 0 N–H and O–H groups in total. The smallest absolute Gasteiger partial charge is 0.335 e. The van der Waals surface area contributed by atoms with Crippen molar-refractivity contribution in [1.82, 2.24) is 0 Å². The fourth-order valence-corrected chi connectivity index (χ4v) is 2.66. The summed E-state index contributed by atoms with van der Waals surface area (Å²) in [7, 11) is 2.64. The van der Waals surface area contributed by atoms with Crippen LogP contribution in [0.25, 0.3) is 5.57 Å². The lowest BCUT2D eigenvalue weighted by Gasteiger charge is -2.14. The lowest BCUT2D eigenvalue weighted by molar-refractivity contribution is -0.144. The van der Waals surface area contributed by atoms with Crippen LogP contribution in [0.15, 0.2) is 17.7 Å². The maximum Gasteiger partial charge on any atom is 0.335 e. The van der Waals surface area contributed by atoms with Crippen molar-refractivity contribution in [2.45, 2.75) is 26.7 Å². The van der Waals surface area contributed by atoms with Gasteiger partial charge in [-0.3, -0.25) is 4.79 Å². The standard InChI is InChI=1S/C16H18O4/c1-8-6-11-10(3)13(15(17)19-4)14(16(18)20-5)12(11)7-9(8)2/h6-7,14H,1-5H3. The highest BCUT2D eigenvalue weighted by Gasteiger charge is 2.39. The normalized spacial score (nSPS) is 16.9. The van der Waals surface area contributed by atoms with Gasteiger partial charge in [-0.25, -0.2) is 4.79 Å². The highest BCUT2D eigenvalue weighted by atomic mass is 16.5. The molecule has 1 unspecified atom stereocenters. The van der Waals surface area contributed by atoms with Gasteiger partial charge in [-0.05, 0) is 48.6 Å². The Bertz CT molecular complexity index is 626. The Hall–Kier alpha value is -2.10. The maximum atomic E-state index is 12.1. The van der Waals surface area contributed by atoms with Gasteiger partial charge in [0.15, 0.2) is 0 Å². The van der Waals surface area contributed by atoms with Crippen molar-refractivity contribution in [3.05, 3.63) is 40.0 Å². The van der Waals surface area contributed by atoms with Gasteiger partial charge in [0.2, 0.25) is 0 Å². The average molecular weight is 274 g/mol. The van der Waals surface area contributed by atoms with Crippen molar-refractivity contribution >= 4 is 17.5 Å². The number of hydrogen-bond acceptors (Lipinski definition) is 4. The maximum absolute atomic E-state index is 12.1. The van der Waals surface area contributed by atoms with Gasteiger partial charge >= 0.3 is 11.9 Å². The molecule has 20 heavy (non-hydrogen) atoms. The van der Waals surface area contributed by atoms with E-state index < -0.39 is 17.9 Å². The summed E-state index contributed by atoms with van der Waals surface area (Å²) >= 11 is 0. The molecule has 2 rings (SSSR count). The van der Waals surface area contributed by atoms with Crippen molar-refractivity contribution in [2.75, 3.05) is 14.2 Å². The molecule has 106 valence electrons. The molecule has 0 radical (unpaired) electrons. The first-order valence-corrected chi connectivity index (χ1v) is 6.40. The Morgan fingerprint density at radius 3 is 2.15 bits per heavy atom. The minimum Gasteiger partial charge on any atom is -0.468 e. The Labute approximate surface area is 118 Å². The van der Waals surface area contributed by atoms with Crippen LogP contribution in [0.3, 0.4) is 0 Å². The zero-order valence-corrected chi connectivity index (χ0v) is 12.4. The second-order valence-corrected chi connectivity index (χ2v) is 5.01. The van der Waals surface area contributed by atoms with Crippen LogP contribution in [0.2, 0.25) is 0 Å². The second kappa shape index (κ2) is 5.12. The Morgan fingerprint density at radius 2 is 1.60 bits per heavy atom. The van der Waals surface area contributed by atoms with Gasteiger partial charge in [0.1, 0.15) is 5.92 Å². The van der Waals surface area contributed by atoms with E-state index in [1.165, 1.54) is 14.2 Å². The number of benzene rings is 1. The summed E-state index contributed by atoms with van der Waals surface area (Å²) in [5, 5.41) is 0. The van der Waals surface area contributed by atoms with Crippen molar-refractivity contribution in [2.24, 2.45) is 0 Å². The molecule has 1 aromatic rings. The van der Waals surface area contributed by atoms with E-state index in [0.29, 0.717) is 5.57 Å². The predicted octanol–water partition coefficient (Wildman–Crippen LogP) is 2.52. The van der Waals surface area contributed by atoms with Crippen LogP contribution in [0, 0.1) is 13.8 Å². The SMILES string of the molecule is COC(=O)C1=C(C)c2cc(C)c(C)cc2C1C(=O)OC. The number of carbonyl (C=O) groups excluding carboxylic acids is 2. The summed E-state index contributed by atoms with van der Waals surface area (Å²) in [5.74, 6) is -1.61. The Kier molecular flexibility index (Phi) is 3.66. The fourth-order valence-electron chi connectivity index (χ4n) is 2.66. The lowest BCUT2D eigenvalue weighted by Crippen LogP contribution is -2.20. The van der Waals surface area contributed by atoms with Crippen LogP contribution in [-0.4, -0.2) is 26.2 Å². The van der Waals surface area contributed by atoms with E-state index in [4.69, 9.17) is 9.47 Å². The van der Waals surface area contributed by atoms with Crippen molar-refractivity contribution in [3.8, 4) is 0 Å². The van der Waals surface area contributed by atoms with E-state index in [1.807, 2.05) is 32.9 Å². The van der Waals surface area contributed by atoms with Gasteiger partial charge in [-0.15, -0.1) is 0 Å². The van der Waals surface area contributed by atoms with Gasteiger partial charge in [0.25, 0.3) is 0 Å². The molecule has 0 amide bonds. The number of methoxy groups -OCH3 is 2. The molecule has 0 heterocycles. The number of carbonyl (C=O) groups is 2. The summed E-state index contributed by atoms with van der Waals surface area (Å²) in [4.78, 5) is 24.1. The quantitative estimate of drug-likeness (QED) is 0.778. The lowest BCUT2D eigenvalue weighted by atomic mass is 9.93. The summed E-state index contributed by atoms with van der Waals surface area (Å²) in [6.45, 7) is 5.82. The van der Waals surface area contributed by atoms with Crippen molar-refractivity contribution in [3.63, 3.8) is 0 Å². The molecule has 0 saturated carbocycles. The Morgan fingerprint density at radius 1 is 1.00 bits per heavy atom. The topological polar surface area (TPSA) is 52.6 Å². The number of hydrogen-bond donors (Lipinski definition) is 0. The molecule has 0 bridgehead atoms. The second-order valence-electron chi connectivity index (χ2n) is 5.01. The molecule has 1 aliphatic rings. The third kappa shape index (κ3) is 2.01. The molecule has 4 nitrogen and oxygen atoms in total. The highest BCUT2D eigenvalue weighted by Crippen LogP contribution is 2.43. The minimum absolute atomic E-state index is 0.374. The molecule has 1 aromatic carbocycles. The summed E-state index contributed by atoms with van der Waals surface area (Å²) in [6.07, 6.45) is 0. The molecule has 0 saturated heterocycles. The number of allylic oxidation sites excluding steroid dienone is 1. The van der Waals surface area contributed by atoms with Crippen LogP contribution < -0.4 is 0 Å². The first kappa shape index (κ1) is 14.3. The van der Waals surface area contributed by atoms with Crippen LogP contribution in [0.4, 0.5) is 0 Å². The number of rotatable bonds is 2. The zero-order valence-electron chi connectivity index (χ0n) is 12.4. The molecule has 0 spiro atoms. The molecule has 0 aliphatic heterocycles. The average Bonchev–Trinajstić information content (AvgIpc) is 2.71. The van der Waals surface area contributed by atoms with E-state index in [1.54, 1.807) is 0 Å². The molecule has 0 aromatic heterocycles. The van der Waals surface area contributed by atoms with E-state index in [9.17, 15) is 9.59 Å². The molecule has 1 aliphatic carbocycles. The Balaban J connectivity index is 2.69. The molecular weight excluding hydrogens is 256 g/mol. The summed E-state index contributed by atoms with van der Waals surface area (Å²) in [5.41, 5.74) is 5.10. The largest absolute Gasteiger partial charge is 0.468 e. The van der Waals surface area contributed by atoms with Gasteiger partial charge < -0.3 is 9.47 Å². The molecular formula is C16H18O4. The van der Waals surface area contributed by atoms with E-state index in [-0.39, 0.29) is 0 Å². The monoisotopic (exact) mass is 274 g/mol. The number of ether oxygens (including phenoxy) is 2. The predicted molar refractivity (Wildman–Crippen MR) is 75.3 cm³/mol. The van der Waals surface area contributed by atoms with E-state index in [2.05, 4.69) is 0 Å². The molecule has 4 heteroatoms. The fraction of sp³-hybridized carbons (Fsp3) is 0.375. The van der Waals surface area contributed by atoms with E-state index in [0.717, 1.165) is 27.8 Å². The van der Waals surface area contributed by atoms with Gasteiger partial charge in [-0.1, -0.05) is 12.1 Å². The number of esters is 2. The number of aryl methyl sites for hydroxylation is 2. The van der Waals surface area contributed by atoms with Crippen LogP contribution in [0.5, 0.6) is 0 Å². The third-order valence-electron chi connectivity index (χ3n) is 3.92. The van der Waals surface area contributed by atoms with Crippen LogP contribution in [-0.2, 0) is 19.1 Å². The minimum atomic E-state index is -0.693. The van der Waals surface area contributed by atoms with Crippen molar-refractivity contribution in [1.29, 1.82) is 0 Å². The van der Waals surface area contributed by atoms with Gasteiger partial charge in [0, 0.05) is 0 Å². The van der Waals surface area contributed by atoms with Crippen LogP contribution in [0.1, 0.15) is 35.1 Å². The zero-order chi connectivity index (χ0) is 15.0. The van der Waals surface area contributed by atoms with Gasteiger partial charge in [0.05, 0.1) is 19.8 Å². The summed E-state index contributed by atoms with van der Waals surface area (Å²) in [6, 6.07) is 3.96. The summed E-state index contributed by atoms with van der Waals surface area (Å²) < 4.78 is 9.67. The van der Waals surface area contributed by atoms with Crippen LogP contribution >= 0.6 is 0 Å². The first-order valence-electron chi connectivity index (χ1n) is 6.40. The first-order chi connectivity index (χ1) is 9.42. The highest BCUT2D eigenvalue weighted by molar-refractivity contribution is 6.08. The molecule has 0 fully saturated rings.